The van der Waals surface area contributed by atoms with Crippen LogP contribution in [-0.4, -0.2) is 54.7 Å². The molecular formula is C19H20ClF2N5O4. The predicted octanol–water partition coefficient (Wildman–Crippen LogP) is 2.60. The fourth-order valence-electron chi connectivity index (χ4n) is 3.35. The molecule has 1 aromatic heterocycles. The SMILES string of the molecule is CO[C@H]1[C@@H](CF)OC(N)=N[C@]1(C)c1cc(NC(=O)c2cnc(OCF)cn2)ccc1Cl. The Kier molecular flexibility index (Phi) is 6.86. The Hall–Kier alpha value is -3.05. The highest BCUT2D eigenvalue weighted by atomic mass is 35.5. The third-order valence-electron chi connectivity index (χ3n) is 4.75. The number of benzene rings is 1. The van der Waals surface area contributed by atoms with Crippen molar-refractivity contribution in [3.8, 4) is 5.88 Å². The van der Waals surface area contributed by atoms with Crippen LogP contribution >= 0.6 is 11.6 Å². The number of hydrogen-bond acceptors (Lipinski definition) is 8. The van der Waals surface area contributed by atoms with Crippen LogP contribution < -0.4 is 15.8 Å². The van der Waals surface area contributed by atoms with E-state index in [9.17, 15) is 13.6 Å². The summed E-state index contributed by atoms with van der Waals surface area (Å²) in [5.41, 5.74) is 5.36. The molecule has 0 saturated carbocycles. The molecule has 0 fully saturated rings. The molecule has 1 aliphatic heterocycles. The number of amides is 1. The summed E-state index contributed by atoms with van der Waals surface area (Å²) in [6.45, 7) is -0.226. The number of aliphatic imine (C=N–C) groups is 1. The van der Waals surface area contributed by atoms with Crippen molar-refractivity contribution in [3.63, 3.8) is 0 Å². The van der Waals surface area contributed by atoms with Crippen LogP contribution in [0.3, 0.4) is 0 Å². The Morgan fingerprint density at radius 1 is 1.35 bits per heavy atom. The van der Waals surface area contributed by atoms with Gasteiger partial charge in [0.25, 0.3) is 11.9 Å². The molecular weight excluding hydrogens is 436 g/mol. The van der Waals surface area contributed by atoms with Gasteiger partial charge < -0.3 is 25.3 Å². The van der Waals surface area contributed by atoms with Gasteiger partial charge in [0.05, 0.1) is 12.4 Å². The number of amidine groups is 1. The highest BCUT2D eigenvalue weighted by Gasteiger charge is 2.47. The molecule has 1 aliphatic rings. The number of alkyl halides is 2. The fourth-order valence-corrected chi connectivity index (χ4v) is 3.66. The summed E-state index contributed by atoms with van der Waals surface area (Å²) in [7, 11) is 1.40. The van der Waals surface area contributed by atoms with Gasteiger partial charge >= 0.3 is 0 Å². The molecule has 12 heteroatoms. The van der Waals surface area contributed by atoms with Crippen molar-refractivity contribution < 1.29 is 27.8 Å². The first-order valence-corrected chi connectivity index (χ1v) is 9.43. The molecule has 31 heavy (non-hydrogen) atoms. The lowest BCUT2D eigenvalue weighted by atomic mass is 9.83. The zero-order valence-electron chi connectivity index (χ0n) is 16.6. The smallest absolute Gasteiger partial charge is 0.283 e. The van der Waals surface area contributed by atoms with Crippen LogP contribution in [0.5, 0.6) is 5.88 Å². The molecule has 0 radical (unpaired) electrons. The largest absolute Gasteiger partial charge is 0.456 e. The van der Waals surface area contributed by atoms with E-state index >= 15 is 0 Å². The van der Waals surface area contributed by atoms with Gasteiger partial charge in [-0.15, -0.1) is 0 Å². The maximum atomic E-state index is 13.5. The Morgan fingerprint density at radius 2 is 2.13 bits per heavy atom. The number of carbonyl (C=O) groups is 1. The Labute approximate surface area is 181 Å². The number of ether oxygens (including phenoxy) is 3. The Balaban J connectivity index is 1.90. The fraction of sp³-hybridized carbons (Fsp3) is 0.368. The van der Waals surface area contributed by atoms with Gasteiger partial charge in [-0.1, -0.05) is 11.6 Å². The molecule has 1 aromatic carbocycles. The summed E-state index contributed by atoms with van der Waals surface area (Å²) in [5.74, 6) is -0.624. The molecule has 3 rings (SSSR count). The molecule has 1 amide bonds. The predicted molar refractivity (Wildman–Crippen MR) is 109 cm³/mol. The van der Waals surface area contributed by atoms with Gasteiger partial charge in [-0.3, -0.25) is 4.79 Å². The molecule has 3 N–H and O–H groups in total. The second-order valence-corrected chi connectivity index (χ2v) is 7.11. The maximum Gasteiger partial charge on any atom is 0.283 e. The van der Waals surface area contributed by atoms with E-state index in [0.29, 0.717) is 16.3 Å². The lowest BCUT2D eigenvalue weighted by Crippen LogP contribution is -2.53. The van der Waals surface area contributed by atoms with Gasteiger partial charge in [0.15, 0.2) is 6.10 Å². The number of nitrogens with zero attached hydrogens (tertiary/aromatic N) is 3. The van der Waals surface area contributed by atoms with Crippen molar-refractivity contribution in [1.29, 1.82) is 0 Å². The van der Waals surface area contributed by atoms with Crippen molar-refractivity contribution in [3.05, 3.63) is 46.9 Å². The molecule has 0 bridgehead atoms. The van der Waals surface area contributed by atoms with Crippen molar-refractivity contribution in [2.24, 2.45) is 10.7 Å². The monoisotopic (exact) mass is 455 g/mol. The summed E-state index contributed by atoms with van der Waals surface area (Å²) in [5, 5.41) is 2.97. The van der Waals surface area contributed by atoms with Gasteiger partial charge in [0.2, 0.25) is 12.7 Å². The number of nitrogens with one attached hydrogen (secondary N) is 1. The molecule has 2 aromatic rings. The van der Waals surface area contributed by atoms with E-state index in [1.165, 1.54) is 7.11 Å². The normalized spacial score (nSPS) is 22.9. The zero-order chi connectivity index (χ0) is 22.6. The van der Waals surface area contributed by atoms with Crippen LogP contribution in [0, 0.1) is 0 Å². The second kappa shape index (κ2) is 9.40. The Bertz CT molecular complexity index is 978. The van der Waals surface area contributed by atoms with E-state index in [2.05, 4.69) is 25.0 Å². The average Bonchev–Trinajstić information content (AvgIpc) is 2.75. The number of hydrogen-bond donors (Lipinski definition) is 2. The minimum absolute atomic E-state index is 0.0190. The number of methoxy groups -OCH3 is 1. The van der Waals surface area contributed by atoms with Crippen LogP contribution in [0.4, 0.5) is 14.5 Å². The van der Waals surface area contributed by atoms with E-state index in [1.54, 1.807) is 25.1 Å². The molecule has 3 atom stereocenters. The molecule has 0 unspecified atom stereocenters. The minimum atomic E-state index is -1.18. The summed E-state index contributed by atoms with van der Waals surface area (Å²) < 4.78 is 40.9. The van der Waals surface area contributed by atoms with E-state index in [4.69, 9.17) is 26.8 Å². The molecule has 0 saturated heterocycles. The number of carbonyl (C=O) groups excluding carboxylic acids is 1. The van der Waals surface area contributed by atoms with Gasteiger partial charge in [-0.05, 0) is 25.1 Å². The highest BCUT2D eigenvalue weighted by Crippen LogP contribution is 2.41. The summed E-state index contributed by atoms with van der Waals surface area (Å²) >= 11 is 6.40. The maximum absolute atomic E-state index is 13.5. The van der Waals surface area contributed by atoms with Crippen LogP contribution in [-0.2, 0) is 15.0 Å². The Morgan fingerprint density at radius 3 is 2.74 bits per heavy atom. The molecule has 0 aliphatic carbocycles. The van der Waals surface area contributed by atoms with E-state index in [0.717, 1.165) is 12.4 Å². The van der Waals surface area contributed by atoms with Crippen LogP contribution in [0.15, 0.2) is 35.6 Å². The first-order valence-electron chi connectivity index (χ1n) is 9.05. The average molecular weight is 456 g/mol. The quantitative estimate of drug-likeness (QED) is 0.658. The summed E-state index contributed by atoms with van der Waals surface area (Å²) in [6, 6.07) is 4.51. The molecule has 166 valence electrons. The lowest BCUT2D eigenvalue weighted by molar-refractivity contribution is -0.0697. The van der Waals surface area contributed by atoms with E-state index in [-0.39, 0.29) is 17.6 Å². The lowest BCUT2D eigenvalue weighted by Gasteiger charge is -2.41. The first-order chi connectivity index (χ1) is 14.8. The van der Waals surface area contributed by atoms with Gasteiger partial charge in [-0.2, -0.15) is 0 Å². The minimum Gasteiger partial charge on any atom is -0.456 e. The van der Waals surface area contributed by atoms with Crippen LogP contribution in [0.25, 0.3) is 0 Å². The molecule has 9 nitrogen and oxygen atoms in total. The zero-order valence-corrected chi connectivity index (χ0v) is 17.4. The first kappa shape index (κ1) is 22.6. The van der Waals surface area contributed by atoms with Crippen LogP contribution in [0.2, 0.25) is 5.02 Å². The van der Waals surface area contributed by atoms with Crippen molar-refractivity contribution in [2.75, 3.05) is 26.0 Å². The van der Waals surface area contributed by atoms with Crippen molar-refractivity contribution >= 4 is 29.2 Å². The molecule has 2 heterocycles. The summed E-state index contributed by atoms with van der Waals surface area (Å²) in [4.78, 5) is 24.5. The number of anilines is 1. The van der Waals surface area contributed by atoms with Gasteiger partial charge in [0, 0.05) is 23.4 Å². The van der Waals surface area contributed by atoms with Crippen molar-refractivity contribution in [2.45, 2.75) is 24.7 Å². The summed E-state index contributed by atoms with van der Waals surface area (Å²) in [6.07, 6.45) is 0.460. The third-order valence-corrected chi connectivity index (χ3v) is 5.07. The van der Waals surface area contributed by atoms with Gasteiger partial charge in [0.1, 0.15) is 24.0 Å². The highest BCUT2D eigenvalue weighted by molar-refractivity contribution is 6.31. The van der Waals surface area contributed by atoms with E-state index < -0.39 is 37.2 Å². The number of aromatic nitrogens is 2. The van der Waals surface area contributed by atoms with Crippen LogP contribution in [0.1, 0.15) is 23.0 Å². The molecule has 0 spiro atoms. The van der Waals surface area contributed by atoms with Crippen molar-refractivity contribution in [1.82, 2.24) is 9.97 Å². The third kappa shape index (κ3) is 4.67. The standard InChI is InChI=1S/C19H20ClF2N5O4/c1-19(16(29-2)14(6-21)31-18(23)27-19)11-5-10(3-4-12(11)20)26-17(28)13-7-25-15(8-24-13)30-9-22/h3-5,7-8,14,16H,6,9H2,1-2H3,(H2,23,27)(H,26,28)/t14-,16+,19-/m1/s1. The van der Waals surface area contributed by atoms with E-state index in [1.807, 2.05) is 0 Å². The van der Waals surface area contributed by atoms with Gasteiger partial charge in [-0.25, -0.2) is 23.7 Å². The topological polar surface area (TPSA) is 121 Å². The number of rotatable bonds is 7. The number of halogens is 3. The second-order valence-electron chi connectivity index (χ2n) is 6.71. The number of nitrogens with two attached hydrogens (primary N) is 1.